The van der Waals surface area contributed by atoms with E-state index in [9.17, 15) is 0 Å². The minimum absolute atomic E-state index is 0.0453. The van der Waals surface area contributed by atoms with Gasteiger partial charge in [-0.25, -0.2) is 0 Å². The summed E-state index contributed by atoms with van der Waals surface area (Å²) in [4.78, 5) is 0.357. The molecule has 0 fully saturated rings. The number of hydrogen-bond acceptors (Lipinski definition) is 2. The highest BCUT2D eigenvalue weighted by molar-refractivity contribution is 7.80. The van der Waals surface area contributed by atoms with Crippen LogP contribution in [0.4, 0.5) is 0 Å². The predicted molar refractivity (Wildman–Crippen MR) is 82.6 cm³/mol. The van der Waals surface area contributed by atoms with E-state index in [-0.39, 0.29) is 6.10 Å². The highest BCUT2D eigenvalue weighted by atomic mass is 32.1. The van der Waals surface area contributed by atoms with Gasteiger partial charge in [0.1, 0.15) is 16.8 Å². The van der Waals surface area contributed by atoms with Crippen LogP contribution in [0.15, 0.2) is 48.5 Å². The Labute approximate surface area is 119 Å². The normalized spacial score (nSPS) is 11.9. The Morgan fingerprint density at radius 3 is 2.47 bits per heavy atom. The molecule has 2 aromatic rings. The van der Waals surface area contributed by atoms with Crippen LogP contribution in [0.3, 0.4) is 0 Å². The molecular formula is C16H17NOS. The monoisotopic (exact) mass is 271 g/mol. The molecule has 1 atom stereocenters. The highest BCUT2D eigenvalue weighted by Gasteiger charge is 2.12. The molecule has 0 aliphatic carbocycles. The lowest BCUT2D eigenvalue weighted by molar-refractivity contribution is 0.226. The van der Waals surface area contributed by atoms with Crippen LogP contribution in [0.5, 0.6) is 5.75 Å². The third-order valence-corrected chi connectivity index (χ3v) is 3.20. The average Bonchev–Trinajstić information content (AvgIpc) is 2.39. The molecule has 3 heteroatoms. The molecule has 1 unspecified atom stereocenters. The molecule has 2 aromatic carbocycles. The van der Waals surface area contributed by atoms with Gasteiger partial charge >= 0.3 is 0 Å². The van der Waals surface area contributed by atoms with Gasteiger partial charge in [0.15, 0.2) is 0 Å². The van der Waals surface area contributed by atoms with Crippen molar-refractivity contribution in [1.82, 2.24) is 0 Å². The lowest BCUT2D eigenvalue weighted by Gasteiger charge is -2.18. The fourth-order valence-corrected chi connectivity index (χ4v) is 2.08. The van der Waals surface area contributed by atoms with Gasteiger partial charge < -0.3 is 10.5 Å². The molecule has 0 radical (unpaired) electrons. The van der Waals surface area contributed by atoms with Crippen molar-refractivity contribution in [3.8, 4) is 5.75 Å². The van der Waals surface area contributed by atoms with Crippen LogP contribution in [0, 0.1) is 6.92 Å². The second-order valence-electron chi connectivity index (χ2n) is 4.53. The second kappa shape index (κ2) is 5.85. The third-order valence-electron chi connectivity index (χ3n) is 2.98. The summed E-state index contributed by atoms with van der Waals surface area (Å²) < 4.78 is 6.01. The molecule has 0 aliphatic rings. The lowest BCUT2D eigenvalue weighted by Crippen LogP contribution is -2.13. The van der Waals surface area contributed by atoms with E-state index in [0.29, 0.717) is 4.99 Å². The Kier molecular flexibility index (Phi) is 4.17. The number of ether oxygens (including phenoxy) is 1. The summed E-state index contributed by atoms with van der Waals surface area (Å²) in [7, 11) is 0. The molecule has 0 bridgehead atoms. The van der Waals surface area contributed by atoms with E-state index in [2.05, 4.69) is 0 Å². The van der Waals surface area contributed by atoms with Gasteiger partial charge in [-0.1, -0.05) is 48.6 Å². The van der Waals surface area contributed by atoms with Crippen molar-refractivity contribution in [1.29, 1.82) is 0 Å². The van der Waals surface area contributed by atoms with Gasteiger partial charge in [-0.15, -0.1) is 0 Å². The van der Waals surface area contributed by atoms with Gasteiger partial charge in [-0.3, -0.25) is 0 Å². The zero-order valence-electron chi connectivity index (χ0n) is 11.1. The summed E-state index contributed by atoms with van der Waals surface area (Å²) >= 11 is 5.06. The molecule has 0 amide bonds. The van der Waals surface area contributed by atoms with Crippen LogP contribution in [0.1, 0.15) is 29.7 Å². The molecule has 0 saturated heterocycles. The van der Waals surface area contributed by atoms with Gasteiger partial charge in [0.2, 0.25) is 0 Å². The summed E-state index contributed by atoms with van der Waals surface area (Å²) in [5.74, 6) is 0.740. The Morgan fingerprint density at radius 2 is 1.84 bits per heavy atom. The Hall–Kier alpha value is -1.87. The quantitative estimate of drug-likeness (QED) is 0.860. The Bertz CT molecular complexity index is 581. The zero-order chi connectivity index (χ0) is 13.8. The maximum atomic E-state index is 6.01. The van der Waals surface area contributed by atoms with Crippen LogP contribution in [-0.4, -0.2) is 4.99 Å². The molecule has 0 spiro atoms. The van der Waals surface area contributed by atoms with E-state index >= 15 is 0 Å². The number of benzene rings is 2. The minimum Gasteiger partial charge on any atom is -0.485 e. The van der Waals surface area contributed by atoms with Gasteiger partial charge in [-0.2, -0.15) is 0 Å². The van der Waals surface area contributed by atoms with Crippen molar-refractivity contribution >= 4 is 17.2 Å². The predicted octanol–water partition coefficient (Wildman–Crippen LogP) is 3.77. The second-order valence-corrected chi connectivity index (χ2v) is 4.97. The van der Waals surface area contributed by atoms with E-state index in [1.54, 1.807) is 0 Å². The van der Waals surface area contributed by atoms with E-state index in [1.807, 2.05) is 62.4 Å². The molecule has 2 rings (SSSR count). The van der Waals surface area contributed by atoms with Gasteiger partial charge in [-0.05, 0) is 37.1 Å². The molecule has 0 aliphatic heterocycles. The Morgan fingerprint density at radius 1 is 1.16 bits per heavy atom. The standard InChI is InChI=1S/C16H17NOS/c1-11-8-9-14(16(17)19)15(10-11)18-12(2)13-6-4-3-5-7-13/h3-10,12H,1-2H3,(H2,17,19). The summed E-state index contributed by atoms with van der Waals surface area (Å²) in [6.07, 6.45) is -0.0453. The third kappa shape index (κ3) is 3.32. The molecular weight excluding hydrogens is 254 g/mol. The molecule has 2 nitrogen and oxygen atoms in total. The maximum Gasteiger partial charge on any atom is 0.130 e. The molecule has 19 heavy (non-hydrogen) atoms. The molecule has 0 saturated carbocycles. The fourth-order valence-electron chi connectivity index (χ4n) is 1.91. The topological polar surface area (TPSA) is 35.2 Å². The summed E-state index contributed by atoms with van der Waals surface area (Å²) in [6, 6.07) is 15.9. The van der Waals surface area contributed by atoms with Gasteiger partial charge in [0, 0.05) is 0 Å². The van der Waals surface area contributed by atoms with E-state index in [4.69, 9.17) is 22.7 Å². The molecule has 2 N–H and O–H groups in total. The summed E-state index contributed by atoms with van der Waals surface area (Å²) in [5, 5.41) is 0. The summed E-state index contributed by atoms with van der Waals surface area (Å²) in [5.41, 5.74) is 8.76. The van der Waals surface area contributed by atoms with Gasteiger partial charge in [0.05, 0.1) is 5.56 Å². The summed E-state index contributed by atoms with van der Waals surface area (Å²) in [6.45, 7) is 4.03. The van der Waals surface area contributed by atoms with Crippen molar-refractivity contribution in [2.75, 3.05) is 0 Å². The highest BCUT2D eigenvalue weighted by Crippen LogP contribution is 2.26. The van der Waals surface area contributed by atoms with Crippen molar-refractivity contribution in [2.45, 2.75) is 20.0 Å². The van der Waals surface area contributed by atoms with Crippen molar-refractivity contribution in [3.05, 3.63) is 65.2 Å². The van der Waals surface area contributed by atoms with E-state index < -0.39 is 0 Å². The number of nitrogens with two attached hydrogens (primary N) is 1. The first kappa shape index (κ1) is 13.6. The van der Waals surface area contributed by atoms with Crippen LogP contribution >= 0.6 is 12.2 Å². The van der Waals surface area contributed by atoms with Crippen LogP contribution in [0.2, 0.25) is 0 Å². The van der Waals surface area contributed by atoms with Crippen LogP contribution < -0.4 is 10.5 Å². The average molecular weight is 271 g/mol. The van der Waals surface area contributed by atoms with Gasteiger partial charge in [0.25, 0.3) is 0 Å². The number of hydrogen-bond donors (Lipinski definition) is 1. The number of aryl methyl sites for hydroxylation is 1. The van der Waals surface area contributed by atoms with Crippen molar-refractivity contribution < 1.29 is 4.74 Å². The fraction of sp³-hybridized carbons (Fsp3) is 0.188. The number of rotatable bonds is 4. The molecule has 0 heterocycles. The smallest absolute Gasteiger partial charge is 0.130 e. The van der Waals surface area contributed by atoms with Crippen LogP contribution in [0.25, 0.3) is 0 Å². The van der Waals surface area contributed by atoms with E-state index in [0.717, 1.165) is 22.4 Å². The zero-order valence-corrected chi connectivity index (χ0v) is 11.9. The largest absolute Gasteiger partial charge is 0.485 e. The van der Waals surface area contributed by atoms with Crippen molar-refractivity contribution in [2.24, 2.45) is 5.73 Å². The lowest BCUT2D eigenvalue weighted by atomic mass is 10.1. The first-order chi connectivity index (χ1) is 9.08. The van der Waals surface area contributed by atoms with Crippen molar-refractivity contribution in [3.63, 3.8) is 0 Å². The number of thiocarbonyl (C=S) groups is 1. The first-order valence-corrected chi connectivity index (χ1v) is 6.61. The van der Waals surface area contributed by atoms with E-state index in [1.165, 1.54) is 0 Å². The Balaban J connectivity index is 2.28. The maximum absolute atomic E-state index is 6.01. The first-order valence-electron chi connectivity index (χ1n) is 6.20. The SMILES string of the molecule is Cc1ccc(C(N)=S)c(OC(C)c2ccccc2)c1. The minimum atomic E-state index is -0.0453. The molecule has 0 aromatic heterocycles. The van der Waals surface area contributed by atoms with Crippen LogP contribution in [-0.2, 0) is 0 Å². The molecule has 98 valence electrons.